The number of benzene rings is 1. The van der Waals surface area contributed by atoms with Crippen LogP contribution in [0.5, 0.6) is 0 Å². The summed E-state index contributed by atoms with van der Waals surface area (Å²) in [6.45, 7) is 0.934. The molecule has 2 unspecified atom stereocenters. The highest BCUT2D eigenvalue weighted by Gasteiger charge is 2.37. The third kappa shape index (κ3) is 3.74. The number of hydrogen-bond acceptors (Lipinski definition) is 5. The van der Waals surface area contributed by atoms with Crippen LogP contribution in [0.1, 0.15) is 22.1 Å². The number of hydrogen-bond donors (Lipinski definition) is 0. The Balaban J connectivity index is 0.00000243. The van der Waals surface area contributed by atoms with Gasteiger partial charge in [-0.3, -0.25) is 9.69 Å². The van der Waals surface area contributed by atoms with Gasteiger partial charge in [0, 0.05) is 23.4 Å². The summed E-state index contributed by atoms with van der Waals surface area (Å²) in [5, 5.41) is 0.512. The van der Waals surface area contributed by atoms with E-state index in [2.05, 4.69) is 4.74 Å². The van der Waals surface area contributed by atoms with Crippen molar-refractivity contribution in [1.82, 2.24) is 4.90 Å². The van der Waals surface area contributed by atoms with E-state index in [0.29, 0.717) is 30.1 Å². The summed E-state index contributed by atoms with van der Waals surface area (Å²) in [7, 11) is -2.83. The minimum atomic E-state index is -2.83. The van der Waals surface area contributed by atoms with Crippen LogP contribution in [0.15, 0.2) is 35.9 Å². The molecule has 1 fully saturated rings. The molecule has 2 atom stereocenters. The van der Waals surface area contributed by atoms with E-state index in [1.165, 1.54) is 11.8 Å². The van der Waals surface area contributed by atoms with Crippen molar-refractivity contribution in [1.29, 1.82) is 0 Å². The predicted octanol–water partition coefficient (Wildman–Crippen LogP) is 3.25. The Kier molecular flexibility index (Phi) is 4.81. The number of carbonyl (C=O) groups is 2. The average Bonchev–Trinajstić information content (AvgIpc) is 2.87. The molecule has 0 spiro atoms. The number of fused-ring (bicyclic) bond motifs is 1. The van der Waals surface area contributed by atoms with Crippen molar-refractivity contribution in [2.45, 2.75) is 17.7 Å². The second-order valence-corrected chi connectivity index (χ2v) is 6.86. The SMILES string of the molecule is Cl.[2H][13C]([2H])([2H])OC(=O)C(c1ccccc1Cl)N1CCC2SC(=O)C=C2C1. The van der Waals surface area contributed by atoms with Gasteiger partial charge < -0.3 is 4.74 Å². The molecule has 0 bridgehead atoms. The number of thioether (sulfide) groups is 1. The van der Waals surface area contributed by atoms with Crippen molar-refractivity contribution in [2.24, 2.45) is 0 Å². The van der Waals surface area contributed by atoms with E-state index in [4.69, 9.17) is 15.7 Å². The third-order valence-corrected chi connectivity index (χ3v) is 5.45. The maximum absolute atomic E-state index is 12.6. The maximum atomic E-state index is 12.6. The molecule has 0 N–H and O–H groups in total. The lowest BCUT2D eigenvalue weighted by molar-refractivity contribution is -0.147. The number of esters is 1. The van der Waals surface area contributed by atoms with Crippen molar-refractivity contribution >= 4 is 46.9 Å². The van der Waals surface area contributed by atoms with Crippen molar-refractivity contribution < 1.29 is 18.4 Å². The fourth-order valence-corrected chi connectivity index (χ4v) is 4.18. The molecule has 1 aromatic rings. The van der Waals surface area contributed by atoms with Crippen LogP contribution in [-0.4, -0.2) is 41.4 Å². The lowest BCUT2D eigenvalue weighted by Crippen LogP contribution is -2.42. The van der Waals surface area contributed by atoms with Crippen molar-refractivity contribution in [3.8, 4) is 0 Å². The molecule has 2 aliphatic rings. The number of rotatable bonds is 3. The smallest absolute Gasteiger partial charge is 0.327 e. The minimum absolute atomic E-state index is 0. The Morgan fingerprint density at radius 3 is 3.04 bits per heavy atom. The van der Waals surface area contributed by atoms with Gasteiger partial charge >= 0.3 is 5.97 Å². The summed E-state index contributed by atoms with van der Waals surface area (Å²) in [5.41, 5.74) is 1.44. The Morgan fingerprint density at radius 2 is 2.30 bits per heavy atom. The normalized spacial score (nSPS) is 24.4. The van der Waals surface area contributed by atoms with Crippen LogP contribution >= 0.6 is 35.8 Å². The second kappa shape index (κ2) is 7.71. The van der Waals surface area contributed by atoms with Gasteiger partial charge in [-0.25, -0.2) is 4.79 Å². The lowest BCUT2D eigenvalue weighted by Gasteiger charge is -2.36. The van der Waals surface area contributed by atoms with E-state index >= 15 is 0 Å². The molecule has 0 amide bonds. The number of nitrogens with zero attached hydrogens (tertiary/aromatic N) is 1. The molecule has 1 saturated heterocycles. The average molecular weight is 378 g/mol. The first kappa shape index (κ1) is 14.3. The first-order valence-electron chi connectivity index (χ1n) is 8.37. The molecule has 0 radical (unpaired) electrons. The van der Waals surface area contributed by atoms with Gasteiger partial charge in [0.1, 0.15) is 6.04 Å². The van der Waals surface area contributed by atoms with Gasteiger partial charge in [-0.05, 0) is 29.7 Å². The van der Waals surface area contributed by atoms with Gasteiger partial charge in [0.15, 0.2) is 0 Å². The first-order chi connectivity index (χ1) is 11.7. The number of carbonyl (C=O) groups excluding carboxylic acids is 2. The fraction of sp³-hybridized carbons (Fsp3) is 0.375. The molecule has 2 aliphatic heterocycles. The highest BCUT2D eigenvalue weighted by molar-refractivity contribution is 8.15. The number of piperidine rings is 1. The van der Waals surface area contributed by atoms with Crippen LogP contribution < -0.4 is 0 Å². The first-order valence-corrected chi connectivity index (χ1v) is 8.13. The fourth-order valence-electron chi connectivity index (χ4n) is 2.93. The Hall–Kier alpha value is -1.01. The zero-order chi connectivity index (χ0) is 18.2. The molecule has 7 heteroatoms. The van der Waals surface area contributed by atoms with Crippen LogP contribution in [0.25, 0.3) is 0 Å². The lowest BCUT2D eigenvalue weighted by atomic mass is 9.98. The van der Waals surface area contributed by atoms with E-state index in [-0.39, 0.29) is 22.8 Å². The molecule has 23 heavy (non-hydrogen) atoms. The minimum Gasteiger partial charge on any atom is -0.468 e. The molecule has 1 aromatic carbocycles. The van der Waals surface area contributed by atoms with E-state index in [0.717, 1.165) is 5.57 Å². The number of ether oxygens (including phenoxy) is 1. The summed E-state index contributed by atoms with van der Waals surface area (Å²) in [6, 6.07) is 5.87. The summed E-state index contributed by atoms with van der Waals surface area (Å²) in [5.74, 6) is -0.871. The van der Waals surface area contributed by atoms with Gasteiger partial charge in [0.25, 0.3) is 0 Å². The Morgan fingerprint density at radius 1 is 1.52 bits per heavy atom. The largest absolute Gasteiger partial charge is 0.468 e. The van der Waals surface area contributed by atoms with Crippen LogP contribution in [0.2, 0.25) is 5.02 Å². The quantitative estimate of drug-likeness (QED) is 0.597. The highest BCUT2D eigenvalue weighted by Crippen LogP contribution is 2.38. The monoisotopic (exact) mass is 377 g/mol. The highest BCUT2D eigenvalue weighted by atomic mass is 35.5. The van der Waals surface area contributed by atoms with Crippen LogP contribution in [0, 0.1) is 0 Å². The standard InChI is InChI=1S/C16H16ClNO3S.ClH/c1-21-16(20)15(11-4-2-3-5-12(11)17)18-7-6-13-10(9-18)8-14(19)22-13;/h2-5,8,13,15H,6-7,9H2,1H3;1H/i1+1D3;. The predicted molar refractivity (Wildman–Crippen MR) is 94.1 cm³/mol. The van der Waals surface area contributed by atoms with E-state index < -0.39 is 19.0 Å². The topological polar surface area (TPSA) is 46.6 Å². The van der Waals surface area contributed by atoms with E-state index in [1.807, 2.05) is 4.90 Å². The molecular weight excluding hydrogens is 358 g/mol. The van der Waals surface area contributed by atoms with Gasteiger partial charge in [0.2, 0.25) is 5.12 Å². The van der Waals surface area contributed by atoms with E-state index in [9.17, 15) is 9.59 Å². The van der Waals surface area contributed by atoms with Crippen molar-refractivity contribution in [3.63, 3.8) is 0 Å². The summed E-state index contributed by atoms with van der Waals surface area (Å²) in [4.78, 5) is 26.0. The molecule has 2 heterocycles. The van der Waals surface area contributed by atoms with Crippen LogP contribution in [0.4, 0.5) is 0 Å². The number of likely N-dealkylation sites (tertiary alicyclic amines) is 1. The van der Waals surface area contributed by atoms with Crippen molar-refractivity contribution in [2.75, 3.05) is 20.1 Å². The van der Waals surface area contributed by atoms with Gasteiger partial charge in [0.05, 0.1) is 11.2 Å². The molecule has 124 valence electrons. The second-order valence-electron chi connectivity index (χ2n) is 5.25. The zero-order valence-corrected chi connectivity index (χ0v) is 14.4. The van der Waals surface area contributed by atoms with Gasteiger partial charge in [-0.15, -0.1) is 12.4 Å². The summed E-state index contributed by atoms with van der Waals surface area (Å²) >= 11 is 7.53. The maximum Gasteiger partial charge on any atom is 0.327 e. The van der Waals surface area contributed by atoms with E-state index in [1.54, 1.807) is 30.3 Å². The summed E-state index contributed by atoms with van der Waals surface area (Å²) in [6.07, 6.45) is 2.30. The molecule has 4 nitrogen and oxygen atoms in total. The molecule has 0 aliphatic carbocycles. The Bertz CT molecular complexity index is 742. The number of halogens is 2. The number of methoxy groups -OCH3 is 1. The Labute approximate surface area is 154 Å². The molecule has 0 aromatic heterocycles. The van der Waals surface area contributed by atoms with Crippen molar-refractivity contribution in [3.05, 3.63) is 46.5 Å². The summed E-state index contributed by atoms with van der Waals surface area (Å²) < 4.78 is 26.3. The van der Waals surface area contributed by atoms with Crippen LogP contribution in [0.3, 0.4) is 0 Å². The molecular formula is C16H17Cl2NO3S. The molecule has 0 saturated carbocycles. The van der Waals surface area contributed by atoms with Crippen LogP contribution in [-0.2, 0) is 14.3 Å². The molecule has 3 rings (SSSR count). The third-order valence-electron chi connectivity index (χ3n) is 3.93. The van der Waals surface area contributed by atoms with Gasteiger partial charge in [-0.1, -0.05) is 41.6 Å². The van der Waals surface area contributed by atoms with Gasteiger partial charge in [-0.2, -0.15) is 0 Å². The zero-order valence-electron chi connectivity index (χ0n) is 15.0.